The van der Waals surface area contributed by atoms with Crippen LogP contribution in [-0.4, -0.2) is 30.1 Å². The Kier molecular flexibility index (Phi) is 9.77. The number of rotatable bonds is 3. The summed E-state index contributed by atoms with van der Waals surface area (Å²) in [6, 6.07) is 0. The molecule has 0 saturated heterocycles. The molecule has 0 unspecified atom stereocenters. The van der Waals surface area contributed by atoms with Gasteiger partial charge in [0.1, 0.15) is 0 Å². The van der Waals surface area contributed by atoms with Gasteiger partial charge >= 0.3 is 0 Å². The molecule has 0 aromatic carbocycles. The standard InChI is InChI=1S/C5H12.C3H9NO2/c1-5(2,3)4;5-2-1-4-3-6/h1-4H3;4-6H,1-3H2. The second-order valence-electron chi connectivity index (χ2n) is 3.88. The van der Waals surface area contributed by atoms with Gasteiger partial charge in [-0.15, -0.1) is 0 Å². The van der Waals surface area contributed by atoms with E-state index in [1.54, 1.807) is 0 Å². The molecule has 0 aliphatic carbocycles. The molecule has 11 heavy (non-hydrogen) atoms. The summed E-state index contributed by atoms with van der Waals surface area (Å²) in [6.07, 6.45) is 0. The first-order chi connectivity index (χ1) is 4.91. The average Bonchev–Trinajstić information content (AvgIpc) is 1.79. The van der Waals surface area contributed by atoms with Gasteiger partial charge in [-0.25, -0.2) is 0 Å². The SMILES string of the molecule is CC(C)(C)C.OCCNCO. The van der Waals surface area contributed by atoms with E-state index in [9.17, 15) is 0 Å². The lowest BCUT2D eigenvalue weighted by Gasteiger charge is -2.05. The number of aliphatic hydroxyl groups is 2. The highest BCUT2D eigenvalue weighted by atomic mass is 16.3. The summed E-state index contributed by atoms with van der Waals surface area (Å²) in [7, 11) is 0. The van der Waals surface area contributed by atoms with E-state index in [2.05, 4.69) is 33.0 Å². The van der Waals surface area contributed by atoms with Crippen molar-refractivity contribution < 1.29 is 10.2 Å². The van der Waals surface area contributed by atoms with E-state index in [1.807, 2.05) is 0 Å². The minimum atomic E-state index is -0.0550. The second kappa shape index (κ2) is 7.98. The number of aliphatic hydroxyl groups excluding tert-OH is 2. The van der Waals surface area contributed by atoms with Gasteiger partial charge < -0.3 is 10.2 Å². The first kappa shape index (κ1) is 13.5. The lowest BCUT2D eigenvalue weighted by atomic mass is 10.0. The molecule has 0 atom stereocenters. The zero-order valence-electron chi connectivity index (χ0n) is 8.02. The molecule has 0 bridgehead atoms. The molecule has 0 aliphatic heterocycles. The third kappa shape index (κ3) is 74.0. The van der Waals surface area contributed by atoms with Crippen molar-refractivity contribution in [1.82, 2.24) is 5.32 Å². The molecule has 0 fully saturated rings. The van der Waals surface area contributed by atoms with E-state index >= 15 is 0 Å². The van der Waals surface area contributed by atoms with Crippen molar-refractivity contribution in [1.29, 1.82) is 0 Å². The van der Waals surface area contributed by atoms with E-state index < -0.39 is 0 Å². The molecule has 0 spiro atoms. The van der Waals surface area contributed by atoms with Crippen molar-refractivity contribution in [2.45, 2.75) is 27.7 Å². The summed E-state index contributed by atoms with van der Waals surface area (Å²) in [5.74, 6) is 0. The van der Waals surface area contributed by atoms with Gasteiger partial charge in [-0.2, -0.15) is 0 Å². The van der Waals surface area contributed by atoms with Crippen molar-refractivity contribution in [3.05, 3.63) is 0 Å². The Hall–Kier alpha value is -0.120. The van der Waals surface area contributed by atoms with Gasteiger partial charge in [-0.05, 0) is 5.41 Å². The Morgan fingerprint density at radius 3 is 1.55 bits per heavy atom. The minimum Gasteiger partial charge on any atom is -0.395 e. The summed E-state index contributed by atoms with van der Waals surface area (Å²) in [5, 5.41) is 18.5. The lowest BCUT2D eigenvalue weighted by Crippen LogP contribution is -2.18. The maximum Gasteiger partial charge on any atom is 0.0932 e. The topological polar surface area (TPSA) is 52.5 Å². The molecule has 0 aromatic heterocycles. The summed E-state index contributed by atoms with van der Waals surface area (Å²) in [5.41, 5.74) is 0.500. The van der Waals surface area contributed by atoms with Crippen LogP contribution < -0.4 is 5.32 Å². The van der Waals surface area contributed by atoms with Crippen LogP contribution in [0.2, 0.25) is 0 Å². The lowest BCUT2D eigenvalue weighted by molar-refractivity contribution is 0.230. The summed E-state index contributed by atoms with van der Waals surface area (Å²) >= 11 is 0. The quantitative estimate of drug-likeness (QED) is 0.421. The molecule has 0 aromatic rings. The van der Waals surface area contributed by atoms with Gasteiger partial charge in [0.25, 0.3) is 0 Å². The highest BCUT2D eigenvalue weighted by Crippen LogP contribution is 2.07. The van der Waals surface area contributed by atoms with Gasteiger partial charge in [-0.1, -0.05) is 27.7 Å². The maximum atomic E-state index is 8.02. The second-order valence-corrected chi connectivity index (χ2v) is 3.88. The summed E-state index contributed by atoms with van der Waals surface area (Å²) in [6.45, 7) is 9.25. The van der Waals surface area contributed by atoms with E-state index in [0.717, 1.165) is 0 Å². The molecular weight excluding hydrogens is 142 g/mol. The fraction of sp³-hybridized carbons (Fsp3) is 1.00. The molecule has 3 nitrogen and oxygen atoms in total. The fourth-order valence-electron chi connectivity index (χ4n) is 0.158. The predicted molar refractivity (Wildman–Crippen MR) is 47.3 cm³/mol. The molecule has 0 amide bonds. The van der Waals surface area contributed by atoms with Crippen molar-refractivity contribution in [3.63, 3.8) is 0 Å². The van der Waals surface area contributed by atoms with E-state index in [0.29, 0.717) is 12.0 Å². The first-order valence-electron chi connectivity index (χ1n) is 3.84. The van der Waals surface area contributed by atoms with E-state index in [4.69, 9.17) is 10.2 Å². The largest absolute Gasteiger partial charge is 0.395 e. The van der Waals surface area contributed by atoms with Gasteiger partial charge in [0.15, 0.2) is 0 Å². The maximum absolute atomic E-state index is 8.02. The Morgan fingerprint density at radius 2 is 1.45 bits per heavy atom. The van der Waals surface area contributed by atoms with Crippen molar-refractivity contribution >= 4 is 0 Å². The molecule has 0 rings (SSSR count). The Bertz CT molecular complexity index is 59.0. The first-order valence-corrected chi connectivity index (χ1v) is 3.84. The van der Waals surface area contributed by atoms with Crippen LogP contribution in [0.1, 0.15) is 27.7 Å². The molecule has 0 aliphatic rings. The van der Waals surface area contributed by atoms with Crippen LogP contribution in [-0.2, 0) is 0 Å². The zero-order valence-corrected chi connectivity index (χ0v) is 8.02. The van der Waals surface area contributed by atoms with Crippen LogP contribution >= 0.6 is 0 Å². The minimum absolute atomic E-state index is 0.0550. The molecule has 0 saturated carbocycles. The van der Waals surface area contributed by atoms with Crippen LogP contribution in [0.15, 0.2) is 0 Å². The van der Waals surface area contributed by atoms with Crippen LogP contribution in [0.3, 0.4) is 0 Å². The Balaban J connectivity index is 0. The van der Waals surface area contributed by atoms with Crippen LogP contribution in [0.5, 0.6) is 0 Å². The highest BCUT2D eigenvalue weighted by molar-refractivity contribution is 4.47. The van der Waals surface area contributed by atoms with Gasteiger partial charge in [0.2, 0.25) is 0 Å². The zero-order chi connectivity index (χ0) is 9.33. The molecule has 3 heteroatoms. The predicted octanol–water partition coefficient (Wildman–Crippen LogP) is 0.571. The molecule has 0 heterocycles. The smallest absolute Gasteiger partial charge is 0.0932 e. The third-order valence-corrected chi connectivity index (χ3v) is 0.400. The third-order valence-electron chi connectivity index (χ3n) is 0.400. The monoisotopic (exact) mass is 163 g/mol. The van der Waals surface area contributed by atoms with Crippen molar-refractivity contribution in [2.24, 2.45) is 5.41 Å². The molecular formula is C8H21NO2. The van der Waals surface area contributed by atoms with E-state index in [-0.39, 0.29) is 13.3 Å². The van der Waals surface area contributed by atoms with Crippen molar-refractivity contribution in [2.75, 3.05) is 19.9 Å². The normalized spacial score (nSPS) is 10.4. The fourth-order valence-corrected chi connectivity index (χ4v) is 0.158. The van der Waals surface area contributed by atoms with Crippen LogP contribution in [0, 0.1) is 5.41 Å². The highest BCUT2D eigenvalue weighted by Gasteiger charge is 1.95. The number of hydrogen-bond donors (Lipinski definition) is 3. The number of hydrogen-bond acceptors (Lipinski definition) is 3. The Labute approximate surface area is 69.4 Å². The molecule has 3 N–H and O–H groups in total. The average molecular weight is 163 g/mol. The number of nitrogens with one attached hydrogen (secondary N) is 1. The van der Waals surface area contributed by atoms with E-state index in [1.165, 1.54) is 0 Å². The van der Waals surface area contributed by atoms with Gasteiger partial charge in [-0.3, -0.25) is 5.32 Å². The Morgan fingerprint density at radius 1 is 1.09 bits per heavy atom. The van der Waals surface area contributed by atoms with Crippen molar-refractivity contribution in [3.8, 4) is 0 Å². The van der Waals surface area contributed by atoms with Crippen LogP contribution in [0.25, 0.3) is 0 Å². The van der Waals surface area contributed by atoms with Gasteiger partial charge in [0, 0.05) is 6.54 Å². The summed E-state index contributed by atoms with van der Waals surface area (Å²) < 4.78 is 0. The van der Waals surface area contributed by atoms with Crippen LogP contribution in [0.4, 0.5) is 0 Å². The summed E-state index contributed by atoms with van der Waals surface area (Å²) in [4.78, 5) is 0. The molecule has 70 valence electrons. The van der Waals surface area contributed by atoms with Gasteiger partial charge in [0.05, 0.1) is 13.3 Å². The molecule has 0 radical (unpaired) electrons.